The van der Waals surface area contributed by atoms with Gasteiger partial charge in [-0.05, 0) is 19.4 Å². The molecule has 0 radical (unpaired) electrons. The molecule has 0 spiro atoms. The van der Waals surface area contributed by atoms with E-state index in [1.54, 1.807) is 6.07 Å². The highest BCUT2D eigenvalue weighted by molar-refractivity contribution is 8.01. The van der Waals surface area contributed by atoms with Crippen LogP contribution in [0.4, 0.5) is 5.13 Å². The van der Waals surface area contributed by atoms with Gasteiger partial charge in [0, 0.05) is 5.69 Å². The van der Waals surface area contributed by atoms with Gasteiger partial charge in [0.25, 0.3) is 5.91 Å². The van der Waals surface area contributed by atoms with Gasteiger partial charge in [-0.3, -0.25) is 20.0 Å². The Balaban J connectivity index is 2.04. The molecule has 0 bridgehead atoms. The van der Waals surface area contributed by atoms with Crippen molar-refractivity contribution >= 4 is 40.0 Å². The summed E-state index contributed by atoms with van der Waals surface area (Å²) >= 11 is 2.63. The van der Waals surface area contributed by atoms with Crippen molar-refractivity contribution in [3.8, 4) is 0 Å². The molecule has 2 aromatic rings. The number of amides is 2. The van der Waals surface area contributed by atoms with Crippen molar-refractivity contribution in [2.24, 2.45) is 5.73 Å². The summed E-state index contributed by atoms with van der Waals surface area (Å²) < 4.78 is 0.861. The van der Waals surface area contributed by atoms with Gasteiger partial charge in [-0.2, -0.15) is 5.10 Å². The third-order valence-corrected chi connectivity index (χ3v) is 5.02. The number of carbonyl (C=O) groups excluding carboxylic acids is 2. The summed E-state index contributed by atoms with van der Waals surface area (Å²) in [7, 11) is 0. The number of thiazole rings is 1. The van der Waals surface area contributed by atoms with Crippen molar-refractivity contribution in [1.82, 2.24) is 15.2 Å². The van der Waals surface area contributed by atoms with Crippen molar-refractivity contribution in [1.29, 1.82) is 0 Å². The van der Waals surface area contributed by atoms with Gasteiger partial charge in [0.05, 0.1) is 15.7 Å². The summed E-state index contributed by atoms with van der Waals surface area (Å²) in [6.45, 7) is 3.79. The smallest absolute Gasteiger partial charge is 0.277 e. The van der Waals surface area contributed by atoms with Gasteiger partial charge in [0.15, 0.2) is 10.8 Å². The molecule has 112 valence electrons. The van der Waals surface area contributed by atoms with Crippen LogP contribution in [-0.2, 0) is 11.2 Å². The predicted molar refractivity (Wildman–Crippen MR) is 82.7 cm³/mol. The molecule has 0 aliphatic heterocycles. The SMILES string of the molecule is CCc1cc(C(=O)Nc2nc(C)c(SCC(N)=O)s2)n[nH]1. The van der Waals surface area contributed by atoms with E-state index in [-0.39, 0.29) is 17.6 Å². The Hall–Kier alpha value is -1.87. The first-order valence-corrected chi connectivity index (χ1v) is 8.04. The summed E-state index contributed by atoms with van der Waals surface area (Å²) in [5.74, 6) is -0.511. The molecular weight excluding hydrogens is 310 g/mol. The predicted octanol–water partition coefficient (Wildman–Crippen LogP) is 1.57. The summed E-state index contributed by atoms with van der Waals surface area (Å²) in [4.78, 5) is 27.1. The molecule has 2 rings (SSSR count). The zero-order valence-corrected chi connectivity index (χ0v) is 13.2. The van der Waals surface area contributed by atoms with Gasteiger partial charge in [-0.25, -0.2) is 4.98 Å². The lowest BCUT2D eigenvalue weighted by molar-refractivity contribution is -0.115. The number of primary amides is 1. The maximum Gasteiger partial charge on any atom is 0.277 e. The maximum absolute atomic E-state index is 12.0. The molecule has 2 heterocycles. The molecule has 0 saturated carbocycles. The van der Waals surface area contributed by atoms with Gasteiger partial charge in [0.2, 0.25) is 5.91 Å². The van der Waals surface area contributed by atoms with Gasteiger partial charge in [-0.15, -0.1) is 11.8 Å². The molecule has 2 aromatic heterocycles. The van der Waals surface area contributed by atoms with E-state index in [4.69, 9.17) is 5.73 Å². The largest absolute Gasteiger partial charge is 0.369 e. The summed E-state index contributed by atoms with van der Waals surface area (Å²) in [6, 6.07) is 1.71. The number of hydrogen-bond acceptors (Lipinski definition) is 6. The molecule has 21 heavy (non-hydrogen) atoms. The van der Waals surface area contributed by atoms with Crippen molar-refractivity contribution in [3.05, 3.63) is 23.1 Å². The fourth-order valence-corrected chi connectivity index (χ4v) is 3.40. The quantitative estimate of drug-likeness (QED) is 0.698. The minimum atomic E-state index is -0.387. The molecular formula is C12H15N5O2S2. The van der Waals surface area contributed by atoms with E-state index in [2.05, 4.69) is 20.5 Å². The number of nitrogens with two attached hydrogens (primary N) is 1. The monoisotopic (exact) mass is 325 g/mol. The second-order valence-electron chi connectivity index (χ2n) is 4.23. The first-order chi connectivity index (χ1) is 9.99. The number of rotatable bonds is 6. The third-order valence-electron chi connectivity index (χ3n) is 2.56. The number of aromatic amines is 1. The lowest BCUT2D eigenvalue weighted by Crippen LogP contribution is -2.12. The molecule has 0 aliphatic carbocycles. The van der Waals surface area contributed by atoms with Crippen LogP contribution in [0.3, 0.4) is 0 Å². The third kappa shape index (κ3) is 4.05. The second kappa shape index (κ2) is 6.72. The second-order valence-corrected chi connectivity index (χ2v) is 6.48. The van der Waals surface area contributed by atoms with Crippen LogP contribution in [0.1, 0.15) is 28.8 Å². The number of anilines is 1. The summed E-state index contributed by atoms with van der Waals surface area (Å²) in [6.07, 6.45) is 0.782. The maximum atomic E-state index is 12.0. The Kier molecular flexibility index (Phi) is 4.97. The number of hydrogen-bond donors (Lipinski definition) is 3. The highest BCUT2D eigenvalue weighted by atomic mass is 32.2. The molecule has 9 heteroatoms. The van der Waals surface area contributed by atoms with Gasteiger partial charge in [-0.1, -0.05) is 18.3 Å². The lowest BCUT2D eigenvalue weighted by atomic mass is 10.3. The van der Waals surface area contributed by atoms with Crippen LogP contribution in [0.25, 0.3) is 0 Å². The van der Waals surface area contributed by atoms with Crippen molar-refractivity contribution in [3.63, 3.8) is 0 Å². The number of thioether (sulfide) groups is 1. The molecule has 4 N–H and O–H groups in total. The summed E-state index contributed by atoms with van der Waals surface area (Å²) in [5.41, 5.74) is 7.10. The topological polar surface area (TPSA) is 114 Å². The van der Waals surface area contributed by atoms with E-state index in [0.29, 0.717) is 10.8 Å². The van der Waals surface area contributed by atoms with Crippen LogP contribution >= 0.6 is 23.1 Å². The Morgan fingerprint density at radius 2 is 2.29 bits per heavy atom. The summed E-state index contributed by atoms with van der Waals surface area (Å²) in [5, 5.41) is 9.91. The van der Waals surface area contributed by atoms with E-state index < -0.39 is 0 Å². The van der Waals surface area contributed by atoms with E-state index >= 15 is 0 Å². The number of aromatic nitrogens is 3. The van der Waals surface area contributed by atoms with Crippen LogP contribution < -0.4 is 11.1 Å². The highest BCUT2D eigenvalue weighted by Crippen LogP contribution is 2.31. The molecule has 0 aromatic carbocycles. The standard InChI is InChI=1S/C12H15N5O2S2/c1-3-7-4-8(17-16-7)10(19)15-12-14-6(2)11(21-12)20-5-9(13)18/h4H,3,5H2,1-2H3,(H2,13,18)(H,16,17)(H,14,15,19). The fraction of sp³-hybridized carbons (Fsp3) is 0.333. The van der Waals surface area contributed by atoms with E-state index in [9.17, 15) is 9.59 Å². The van der Waals surface area contributed by atoms with E-state index in [1.165, 1.54) is 23.1 Å². The van der Waals surface area contributed by atoms with Gasteiger partial charge in [0.1, 0.15) is 0 Å². The number of carbonyl (C=O) groups is 2. The van der Waals surface area contributed by atoms with Crippen LogP contribution in [0.2, 0.25) is 0 Å². The Morgan fingerprint density at radius 1 is 1.52 bits per heavy atom. The van der Waals surface area contributed by atoms with Gasteiger partial charge >= 0.3 is 0 Å². The first-order valence-electron chi connectivity index (χ1n) is 6.23. The zero-order chi connectivity index (χ0) is 15.4. The molecule has 2 amide bonds. The van der Waals surface area contributed by atoms with Crippen molar-refractivity contribution in [2.45, 2.75) is 24.5 Å². The number of nitrogens with one attached hydrogen (secondary N) is 2. The zero-order valence-electron chi connectivity index (χ0n) is 11.6. The Morgan fingerprint density at radius 3 is 2.90 bits per heavy atom. The highest BCUT2D eigenvalue weighted by Gasteiger charge is 2.14. The molecule has 0 aliphatic rings. The van der Waals surface area contributed by atoms with E-state index in [1.807, 2.05) is 13.8 Å². The molecule has 0 fully saturated rings. The van der Waals surface area contributed by atoms with Crippen molar-refractivity contribution < 1.29 is 9.59 Å². The molecule has 0 saturated heterocycles. The number of nitrogens with zero attached hydrogens (tertiary/aromatic N) is 2. The van der Waals surface area contributed by atoms with E-state index in [0.717, 1.165) is 22.0 Å². The molecule has 0 unspecified atom stereocenters. The van der Waals surface area contributed by atoms with Crippen molar-refractivity contribution in [2.75, 3.05) is 11.1 Å². The minimum absolute atomic E-state index is 0.190. The first kappa shape index (κ1) is 15.5. The average molecular weight is 325 g/mol. The van der Waals surface area contributed by atoms with Crippen LogP contribution in [0, 0.1) is 6.92 Å². The van der Waals surface area contributed by atoms with Crippen LogP contribution in [-0.4, -0.2) is 32.7 Å². The number of aryl methyl sites for hydroxylation is 2. The van der Waals surface area contributed by atoms with Crippen LogP contribution in [0.5, 0.6) is 0 Å². The average Bonchev–Trinajstić information content (AvgIpc) is 3.03. The van der Waals surface area contributed by atoms with Crippen LogP contribution in [0.15, 0.2) is 10.3 Å². The fourth-order valence-electron chi connectivity index (χ4n) is 1.53. The normalized spacial score (nSPS) is 10.6. The number of H-pyrrole nitrogens is 1. The van der Waals surface area contributed by atoms with Gasteiger partial charge < -0.3 is 5.73 Å². The minimum Gasteiger partial charge on any atom is -0.369 e. The Labute approximate surface area is 129 Å². The lowest BCUT2D eigenvalue weighted by Gasteiger charge is -1.96. The molecule has 0 atom stereocenters. The Bertz CT molecular complexity index is 664. The molecule has 7 nitrogen and oxygen atoms in total.